The number of anilines is 1. The Bertz CT molecular complexity index is 604. The van der Waals surface area contributed by atoms with E-state index in [1.165, 1.54) is 0 Å². The Morgan fingerprint density at radius 3 is 3.00 bits per heavy atom. The Labute approximate surface area is 122 Å². The lowest BCUT2D eigenvalue weighted by Crippen LogP contribution is -2.45. The van der Waals surface area contributed by atoms with E-state index in [2.05, 4.69) is 28.7 Å². The third kappa shape index (κ3) is 2.39. The number of benzene rings is 1. The van der Waals surface area contributed by atoms with Gasteiger partial charge in [-0.25, -0.2) is 9.97 Å². The van der Waals surface area contributed by atoms with E-state index in [1.807, 2.05) is 30.0 Å². The number of fused-ring (bicyclic) bond motifs is 1. The highest BCUT2D eigenvalue weighted by molar-refractivity contribution is 8.00. The molecule has 0 N–H and O–H groups in total. The van der Waals surface area contributed by atoms with Crippen molar-refractivity contribution in [3.8, 4) is 0 Å². The number of aromatic nitrogens is 2. The summed E-state index contributed by atoms with van der Waals surface area (Å²) in [6.45, 7) is 5.58. The maximum absolute atomic E-state index is 6.03. The van der Waals surface area contributed by atoms with Crippen molar-refractivity contribution in [1.82, 2.24) is 9.97 Å². The SMILES string of the molecule is CC1SCCN(c2ncnc3cc(Cl)ccc23)C1C. The van der Waals surface area contributed by atoms with Gasteiger partial charge in [-0.1, -0.05) is 18.5 Å². The fraction of sp³-hybridized carbons (Fsp3) is 0.429. The monoisotopic (exact) mass is 293 g/mol. The van der Waals surface area contributed by atoms with Crippen molar-refractivity contribution in [3.05, 3.63) is 29.5 Å². The summed E-state index contributed by atoms with van der Waals surface area (Å²) < 4.78 is 0. The minimum atomic E-state index is 0.479. The van der Waals surface area contributed by atoms with Gasteiger partial charge in [0.05, 0.1) is 5.52 Å². The first-order chi connectivity index (χ1) is 9.16. The molecule has 2 heterocycles. The molecule has 0 bridgehead atoms. The second-order valence-corrected chi connectivity index (χ2v) is 6.79. The first-order valence-electron chi connectivity index (χ1n) is 6.45. The van der Waals surface area contributed by atoms with Crippen molar-refractivity contribution < 1.29 is 0 Å². The van der Waals surface area contributed by atoms with Gasteiger partial charge >= 0.3 is 0 Å². The first kappa shape index (κ1) is 13.0. The molecule has 2 atom stereocenters. The van der Waals surface area contributed by atoms with Crippen molar-refractivity contribution in [2.45, 2.75) is 25.1 Å². The Morgan fingerprint density at radius 2 is 2.16 bits per heavy atom. The predicted octanol–water partition coefficient (Wildman–Crippen LogP) is 3.61. The molecule has 1 saturated heterocycles. The molecule has 1 aliphatic heterocycles. The van der Waals surface area contributed by atoms with Crippen LogP contribution in [0.3, 0.4) is 0 Å². The quantitative estimate of drug-likeness (QED) is 0.803. The maximum atomic E-state index is 6.03. The van der Waals surface area contributed by atoms with Crippen LogP contribution in [-0.4, -0.2) is 33.6 Å². The molecule has 3 nitrogen and oxygen atoms in total. The lowest BCUT2D eigenvalue weighted by atomic mass is 10.1. The van der Waals surface area contributed by atoms with E-state index in [0.717, 1.165) is 29.0 Å². The van der Waals surface area contributed by atoms with E-state index in [4.69, 9.17) is 11.6 Å². The van der Waals surface area contributed by atoms with E-state index in [9.17, 15) is 0 Å². The van der Waals surface area contributed by atoms with E-state index in [1.54, 1.807) is 6.33 Å². The largest absolute Gasteiger partial charge is 0.351 e. The molecule has 100 valence electrons. The molecule has 2 aromatic rings. The first-order valence-corrected chi connectivity index (χ1v) is 7.88. The summed E-state index contributed by atoms with van der Waals surface area (Å²) in [7, 11) is 0. The molecule has 1 aromatic heterocycles. The Balaban J connectivity index is 2.09. The zero-order valence-corrected chi connectivity index (χ0v) is 12.6. The molecule has 1 fully saturated rings. The summed E-state index contributed by atoms with van der Waals surface area (Å²) in [6.07, 6.45) is 1.63. The van der Waals surface area contributed by atoms with Crippen LogP contribution in [0.5, 0.6) is 0 Å². The van der Waals surface area contributed by atoms with E-state index >= 15 is 0 Å². The molecular weight excluding hydrogens is 278 g/mol. The molecule has 3 rings (SSSR count). The fourth-order valence-electron chi connectivity index (χ4n) is 2.48. The molecule has 0 amide bonds. The Morgan fingerprint density at radius 1 is 1.32 bits per heavy atom. The summed E-state index contributed by atoms with van der Waals surface area (Å²) >= 11 is 8.06. The second-order valence-electron chi connectivity index (χ2n) is 4.87. The van der Waals surface area contributed by atoms with Crippen molar-refractivity contribution in [2.24, 2.45) is 0 Å². The second kappa shape index (κ2) is 5.17. The molecule has 0 aliphatic carbocycles. The predicted molar refractivity (Wildman–Crippen MR) is 83.3 cm³/mol. The van der Waals surface area contributed by atoms with E-state index < -0.39 is 0 Å². The molecule has 1 aliphatic rings. The summed E-state index contributed by atoms with van der Waals surface area (Å²) in [6, 6.07) is 6.30. The van der Waals surface area contributed by atoms with Crippen molar-refractivity contribution >= 4 is 40.1 Å². The topological polar surface area (TPSA) is 29.0 Å². The Hall–Kier alpha value is -1.00. The number of nitrogens with zero attached hydrogens (tertiary/aromatic N) is 3. The van der Waals surface area contributed by atoms with Gasteiger partial charge in [-0.15, -0.1) is 0 Å². The minimum Gasteiger partial charge on any atom is -0.351 e. The van der Waals surface area contributed by atoms with Gasteiger partial charge in [0.15, 0.2) is 0 Å². The molecule has 0 spiro atoms. The lowest BCUT2D eigenvalue weighted by Gasteiger charge is -2.38. The normalized spacial score (nSPS) is 23.8. The van der Waals surface area contributed by atoms with Gasteiger partial charge in [0.2, 0.25) is 0 Å². The van der Waals surface area contributed by atoms with Crippen LogP contribution < -0.4 is 4.90 Å². The van der Waals surface area contributed by atoms with Gasteiger partial charge in [0.25, 0.3) is 0 Å². The third-order valence-electron chi connectivity index (χ3n) is 3.73. The number of hydrogen-bond acceptors (Lipinski definition) is 4. The van der Waals surface area contributed by atoms with Crippen LogP contribution in [0.2, 0.25) is 5.02 Å². The number of hydrogen-bond donors (Lipinski definition) is 0. The average Bonchev–Trinajstić information content (AvgIpc) is 2.41. The summed E-state index contributed by atoms with van der Waals surface area (Å²) in [5.41, 5.74) is 0.913. The van der Waals surface area contributed by atoms with Crippen molar-refractivity contribution in [2.75, 3.05) is 17.2 Å². The zero-order chi connectivity index (χ0) is 13.4. The summed E-state index contributed by atoms with van der Waals surface area (Å²) in [4.78, 5) is 11.2. The van der Waals surface area contributed by atoms with Crippen LogP contribution >= 0.6 is 23.4 Å². The number of halogens is 1. The zero-order valence-electron chi connectivity index (χ0n) is 11.0. The van der Waals surface area contributed by atoms with E-state index in [0.29, 0.717) is 16.3 Å². The van der Waals surface area contributed by atoms with Crippen LogP contribution in [0.25, 0.3) is 10.9 Å². The Kier molecular flexibility index (Phi) is 3.54. The van der Waals surface area contributed by atoms with Gasteiger partial charge < -0.3 is 4.90 Å². The van der Waals surface area contributed by atoms with Crippen LogP contribution in [0.15, 0.2) is 24.5 Å². The highest BCUT2D eigenvalue weighted by atomic mass is 35.5. The van der Waals surface area contributed by atoms with Gasteiger partial charge in [-0.2, -0.15) is 11.8 Å². The molecule has 1 aromatic carbocycles. The van der Waals surface area contributed by atoms with Gasteiger partial charge in [0, 0.05) is 34.0 Å². The van der Waals surface area contributed by atoms with Gasteiger partial charge in [-0.05, 0) is 25.1 Å². The lowest BCUT2D eigenvalue weighted by molar-refractivity contribution is 0.622. The smallest absolute Gasteiger partial charge is 0.140 e. The average molecular weight is 294 g/mol. The van der Waals surface area contributed by atoms with Gasteiger partial charge in [-0.3, -0.25) is 0 Å². The fourth-order valence-corrected chi connectivity index (χ4v) is 3.74. The van der Waals surface area contributed by atoms with Crippen LogP contribution in [0.4, 0.5) is 5.82 Å². The van der Waals surface area contributed by atoms with Crippen molar-refractivity contribution in [1.29, 1.82) is 0 Å². The third-order valence-corrected chi connectivity index (χ3v) is 5.31. The van der Waals surface area contributed by atoms with Gasteiger partial charge in [0.1, 0.15) is 12.1 Å². The highest BCUT2D eigenvalue weighted by Gasteiger charge is 2.27. The summed E-state index contributed by atoms with van der Waals surface area (Å²) in [5.74, 6) is 2.17. The van der Waals surface area contributed by atoms with Crippen LogP contribution in [-0.2, 0) is 0 Å². The highest BCUT2D eigenvalue weighted by Crippen LogP contribution is 2.32. The van der Waals surface area contributed by atoms with E-state index in [-0.39, 0.29) is 0 Å². The van der Waals surface area contributed by atoms with Crippen LogP contribution in [0.1, 0.15) is 13.8 Å². The molecular formula is C14H16ClN3S. The molecule has 19 heavy (non-hydrogen) atoms. The number of rotatable bonds is 1. The minimum absolute atomic E-state index is 0.479. The molecule has 5 heteroatoms. The van der Waals surface area contributed by atoms with Crippen molar-refractivity contribution in [3.63, 3.8) is 0 Å². The molecule has 0 saturated carbocycles. The standard InChI is InChI=1S/C14H16ClN3S/c1-9-10(2)19-6-5-18(9)14-12-4-3-11(15)7-13(12)16-8-17-14/h3-4,7-10H,5-6H2,1-2H3. The maximum Gasteiger partial charge on any atom is 0.140 e. The summed E-state index contributed by atoms with van der Waals surface area (Å²) in [5, 5.41) is 2.41. The van der Waals surface area contributed by atoms with Crippen LogP contribution in [0, 0.1) is 0 Å². The molecule has 2 unspecified atom stereocenters. The number of thioether (sulfide) groups is 1. The molecule has 0 radical (unpaired) electrons.